The number of rotatable bonds is 8. The molecule has 16 heavy (non-hydrogen) atoms. The number of halogens is 4. The highest BCUT2D eigenvalue weighted by Crippen LogP contribution is 2.25. The Balaban J connectivity index is 4.37. The standard InChI is InChI=1S/C8H11Br4O3P/c9-3-7(11)1-6(2-8(12)4-10)5-15-16(13)14/h5,7-8H,1-4H2/p+1. The van der Waals surface area contributed by atoms with Crippen molar-refractivity contribution >= 4 is 72.0 Å². The Morgan fingerprint density at radius 2 is 1.69 bits per heavy atom. The molecule has 3 atom stereocenters. The lowest BCUT2D eigenvalue weighted by molar-refractivity contribution is 0.374. The smallest absolute Gasteiger partial charge is 0.237 e. The second kappa shape index (κ2) is 10.4. The maximum Gasteiger partial charge on any atom is 0.746 e. The van der Waals surface area contributed by atoms with E-state index in [9.17, 15) is 4.57 Å². The van der Waals surface area contributed by atoms with E-state index in [0.29, 0.717) is 0 Å². The van der Waals surface area contributed by atoms with Crippen LogP contribution in [0.5, 0.6) is 0 Å². The minimum absolute atomic E-state index is 0.286. The van der Waals surface area contributed by atoms with Crippen molar-refractivity contribution in [2.45, 2.75) is 22.5 Å². The van der Waals surface area contributed by atoms with Crippen LogP contribution in [-0.2, 0) is 9.09 Å². The van der Waals surface area contributed by atoms with Crippen LogP contribution in [0, 0.1) is 0 Å². The number of alkyl halides is 4. The second-order valence-electron chi connectivity index (χ2n) is 3.03. The first-order chi connectivity index (χ1) is 7.49. The SMILES string of the molecule is O=[P+](O)OC=C(CC(Br)CBr)CC(Br)CBr. The summed E-state index contributed by atoms with van der Waals surface area (Å²) < 4.78 is 15.1. The molecule has 0 spiro atoms. The summed E-state index contributed by atoms with van der Waals surface area (Å²) >= 11 is 13.7. The van der Waals surface area contributed by atoms with Crippen molar-refractivity contribution in [3.8, 4) is 0 Å². The fourth-order valence-corrected chi connectivity index (χ4v) is 2.51. The highest BCUT2D eigenvalue weighted by molar-refractivity contribution is 9.12. The van der Waals surface area contributed by atoms with Gasteiger partial charge in [0.2, 0.25) is 0 Å². The predicted octanol–water partition coefficient (Wildman–Crippen LogP) is 4.63. The van der Waals surface area contributed by atoms with E-state index in [1.807, 2.05) is 0 Å². The lowest BCUT2D eigenvalue weighted by Crippen LogP contribution is -2.07. The molecule has 0 bridgehead atoms. The lowest BCUT2D eigenvalue weighted by Gasteiger charge is -2.11. The predicted molar refractivity (Wildman–Crippen MR) is 81.2 cm³/mol. The average molecular weight is 507 g/mol. The van der Waals surface area contributed by atoms with E-state index in [-0.39, 0.29) is 9.65 Å². The molecule has 0 aromatic carbocycles. The Kier molecular flexibility index (Phi) is 11.4. The Morgan fingerprint density at radius 3 is 2.00 bits per heavy atom. The summed E-state index contributed by atoms with van der Waals surface area (Å²) in [6, 6.07) is 0. The van der Waals surface area contributed by atoms with E-state index in [0.717, 1.165) is 29.1 Å². The monoisotopic (exact) mass is 503 g/mol. The van der Waals surface area contributed by atoms with Crippen LogP contribution in [0.25, 0.3) is 0 Å². The summed E-state index contributed by atoms with van der Waals surface area (Å²) in [5, 5.41) is 1.63. The van der Waals surface area contributed by atoms with E-state index in [4.69, 9.17) is 4.89 Å². The van der Waals surface area contributed by atoms with Gasteiger partial charge in [0.05, 0.1) is 0 Å². The maximum atomic E-state index is 10.5. The Bertz CT molecular complexity index is 235. The zero-order valence-electron chi connectivity index (χ0n) is 8.28. The molecule has 0 aliphatic carbocycles. The molecule has 94 valence electrons. The van der Waals surface area contributed by atoms with Crippen molar-refractivity contribution in [1.29, 1.82) is 0 Å². The molecule has 0 aromatic heterocycles. The van der Waals surface area contributed by atoms with Crippen LogP contribution < -0.4 is 0 Å². The van der Waals surface area contributed by atoms with Crippen molar-refractivity contribution in [2.24, 2.45) is 0 Å². The summed E-state index contributed by atoms with van der Waals surface area (Å²) in [4.78, 5) is 9.16. The van der Waals surface area contributed by atoms with E-state index < -0.39 is 8.25 Å². The first-order valence-corrected chi connectivity index (χ1v) is 9.61. The summed E-state index contributed by atoms with van der Waals surface area (Å²) in [5.74, 6) is 0. The molecular formula is C8H12Br4O3P+. The molecule has 0 aliphatic rings. The van der Waals surface area contributed by atoms with Crippen molar-refractivity contribution in [2.75, 3.05) is 10.7 Å². The minimum Gasteiger partial charge on any atom is -0.237 e. The second-order valence-corrected chi connectivity index (χ2v) is 7.60. The highest BCUT2D eigenvalue weighted by Gasteiger charge is 2.15. The fourth-order valence-electron chi connectivity index (χ4n) is 0.977. The van der Waals surface area contributed by atoms with E-state index in [2.05, 4.69) is 68.2 Å². The van der Waals surface area contributed by atoms with Crippen molar-refractivity contribution in [3.05, 3.63) is 11.8 Å². The molecule has 0 aliphatic heterocycles. The van der Waals surface area contributed by atoms with Crippen molar-refractivity contribution in [3.63, 3.8) is 0 Å². The third-order valence-electron chi connectivity index (χ3n) is 1.61. The first kappa shape index (κ1) is 17.5. The molecule has 0 fully saturated rings. The Labute approximate surface area is 130 Å². The Hall–Kier alpha value is 1.52. The van der Waals surface area contributed by atoms with Crippen LogP contribution in [0.4, 0.5) is 0 Å². The number of hydrogen-bond acceptors (Lipinski definition) is 2. The molecule has 0 radical (unpaired) electrons. The molecule has 3 unspecified atom stereocenters. The molecule has 8 heteroatoms. The molecule has 0 saturated carbocycles. The lowest BCUT2D eigenvalue weighted by atomic mass is 10.1. The third-order valence-corrected chi connectivity index (χ3v) is 6.49. The molecular weight excluding hydrogens is 495 g/mol. The highest BCUT2D eigenvalue weighted by atomic mass is 79.9. The van der Waals surface area contributed by atoms with Gasteiger partial charge in [0, 0.05) is 24.9 Å². The van der Waals surface area contributed by atoms with Gasteiger partial charge < -0.3 is 0 Å². The van der Waals surface area contributed by atoms with Gasteiger partial charge in [0.25, 0.3) is 0 Å². The summed E-state index contributed by atoms with van der Waals surface area (Å²) in [5.41, 5.74) is 0.986. The Morgan fingerprint density at radius 1 is 1.25 bits per heavy atom. The van der Waals surface area contributed by atoms with Gasteiger partial charge in [-0.1, -0.05) is 63.7 Å². The molecule has 1 N–H and O–H groups in total. The molecule has 0 rings (SSSR count). The van der Waals surface area contributed by atoms with E-state index in [1.54, 1.807) is 0 Å². The maximum absolute atomic E-state index is 10.5. The van der Waals surface area contributed by atoms with Gasteiger partial charge in [-0.05, 0) is 18.4 Å². The summed E-state index contributed by atoms with van der Waals surface area (Å²) in [6.45, 7) is 0. The fraction of sp³-hybridized carbons (Fsp3) is 0.750. The van der Waals surface area contributed by atoms with Gasteiger partial charge in [-0.3, -0.25) is 0 Å². The topological polar surface area (TPSA) is 46.5 Å². The average Bonchev–Trinajstić information content (AvgIpc) is 2.25. The molecule has 3 nitrogen and oxygen atoms in total. The van der Waals surface area contributed by atoms with Gasteiger partial charge >= 0.3 is 8.25 Å². The van der Waals surface area contributed by atoms with Crippen LogP contribution in [0.15, 0.2) is 11.8 Å². The van der Waals surface area contributed by atoms with Crippen LogP contribution in [0.2, 0.25) is 0 Å². The van der Waals surface area contributed by atoms with Crippen molar-refractivity contribution in [1.82, 2.24) is 0 Å². The number of allylic oxidation sites excluding steroid dienone is 1. The van der Waals surface area contributed by atoms with Crippen molar-refractivity contribution < 1.29 is 14.0 Å². The minimum atomic E-state index is -2.57. The summed E-state index contributed by atoms with van der Waals surface area (Å²) in [7, 11) is -2.57. The molecule has 0 heterocycles. The molecule has 0 aromatic rings. The largest absolute Gasteiger partial charge is 0.746 e. The van der Waals surface area contributed by atoms with Gasteiger partial charge in [0.15, 0.2) is 6.26 Å². The molecule has 0 amide bonds. The summed E-state index contributed by atoms with van der Waals surface area (Å²) in [6.07, 6.45) is 2.92. The normalized spacial score (nSPS) is 15.2. The van der Waals surface area contributed by atoms with E-state index >= 15 is 0 Å². The zero-order valence-corrected chi connectivity index (χ0v) is 15.5. The number of hydrogen-bond donors (Lipinski definition) is 1. The van der Waals surface area contributed by atoms with Gasteiger partial charge in [-0.15, -0.1) is 4.89 Å². The zero-order chi connectivity index (χ0) is 12.6. The van der Waals surface area contributed by atoms with Crippen LogP contribution in [-0.4, -0.2) is 25.2 Å². The van der Waals surface area contributed by atoms with Crippen LogP contribution in [0.1, 0.15) is 12.8 Å². The van der Waals surface area contributed by atoms with Gasteiger partial charge in [0.1, 0.15) is 0 Å². The third kappa shape index (κ3) is 9.54. The molecule has 0 saturated heterocycles. The van der Waals surface area contributed by atoms with Gasteiger partial charge in [-0.25, -0.2) is 4.52 Å². The van der Waals surface area contributed by atoms with Crippen LogP contribution >= 0.6 is 72.0 Å². The van der Waals surface area contributed by atoms with Gasteiger partial charge in [-0.2, -0.15) is 0 Å². The van der Waals surface area contributed by atoms with E-state index in [1.165, 1.54) is 6.26 Å². The first-order valence-electron chi connectivity index (χ1n) is 4.40. The quantitative estimate of drug-likeness (QED) is 0.297. The van der Waals surface area contributed by atoms with Crippen LogP contribution in [0.3, 0.4) is 0 Å².